The number of nitrogens with zero attached hydrogens (tertiary/aromatic N) is 2. The number of carbonyl (C=O) groups excluding carboxylic acids is 1. The van der Waals surface area contributed by atoms with E-state index in [9.17, 15) is 9.90 Å². The van der Waals surface area contributed by atoms with E-state index in [1.807, 2.05) is 13.1 Å². The van der Waals surface area contributed by atoms with E-state index >= 15 is 0 Å². The third-order valence-electron chi connectivity index (χ3n) is 5.68. The minimum atomic E-state index is -0.344. The Morgan fingerprint density at radius 2 is 2.23 bits per heavy atom. The molecule has 3 aliphatic rings. The number of aromatic nitrogens is 2. The monoisotopic (exact) mass is 305 g/mol. The first-order valence-corrected chi connectivity index (χ1v) is 8.52. The lowest BCUT2D eigenvalue weighted by Gasteiger charge is -2.51. The molecule has 5 heteroatoms. The number of nitrogens with one attached hydrogen (secondary N) is 1. The van der Waals surface area contributed by atoms with Crippen LogP contribution in [0.15, 0.2) is 12.4 Å². The predicted octanol–water partition coefficient (Wildman–Crippen LogP) is 2.03. The summed E-state index contributed by atoms with van der Waals surface area (Å²) in [7, 11) is 0. The van der Waals surface area contributed by atoms with Crippen molar-refractivity contribution in [3.63, 3.8) is 0 Å². The van der Waals surface area contributed by atoms with E-state index < -0.39 is 0 Å². The van der Waals surface area contributed by atoms with Gasteiger partial charge in [-0.05, 0) is 44.4 Å². The number of hydrogen-bond donors (Lipinski definition) is 2. The van der Waals surface area contributed by atoms with E-state index in [0.717, 1.165) is 38.1 Å². The van der Waals surface area contributed by atoms with Crippen molar-refractivity contribution in [1.82, 2.24) is 14.9 Å². The van der Waals surface area contributed by atoms with Gasteiger partial charge in [-0.15, -0.1) is 0 Å². The molecule has 1 unspecified atom stereocenters. The normalized spacial score (nSPS) is 30.5. The summed E-state index contributed by atoms with van der Waals surface area (Å²) in [5.74, 6) is 2.21. The summed E-state index contributed by atoms with van der Waals surface area (Å²) in [5.41, 5.74) is -0.344. The summed E-state index contributed by atoms with van der Waals surface area (Å²) < 4.78 is 2.07. The molecular formula is C17H27N3O2. The summed E-state index contributed by atoms with van der Waals surface area (Å²) in [4.78, 5) is 16.5. The van der Waals surface area contributed by atoms with Crippen LogP contribution < -0.4 is 5.32 Å². The molecule has 0 radical (unpaired) electrons. The molecule has 5 nitrogen and oxygen atoms in total. The Morgan fingerprint density at radius 1 is 1.45 bits per heavy atom. The minimum absolute atomic E-state index is 0.0827. The van der Waals surface area contributed by atoms with Gasteiger partial charge in [0.05, 0.1) is 12.1 Å². The second kappa shape index (κ2) is 6.41. The van der Waals surface area contributed by atoms with Crippen LogP contribution in [0.3, 0.4) is 0 Å². The lowest BCUT2D eigenvalue weighted by Crippen LogP contribution is -2.61. The van der Waals surface area contributed by atoms with E-state index in [4.69, 9.17) is 0 Å². The number of amides is 1. The molecule has 3 fully saturated rings. The molecule has 0 spiro atoms. The molecule has 1 aromatic heterocycles. The molecule has 22 heavy (non-hydrogen) atoms. The highest BCUT2D eigenvalue weighted by Crippen LogP contribution is 2.47. The fourth-order valence-electron chi connectivity index (χ4n) is 4.38. The Morgan fingerprint density at radius 3 is 2.77 bits per heavy atom. The van der Waals surface area contributed by atoms with Crippen molar-refractivity contribution in [3.05, 3.63) is 18.2 Å². The predicted molar refractivity (Wildman–Crippen MR) is 84.2 cm³/mol. The number of aliphatic hydroxyl groups is 1. The summed E-state index contributed by atoms with van der Waals surface area (Å²) >= 11 is 0. The molecule has 0 saturated heterocycles. The van der Waals surface area contributed by atoms with Crippen molar-refractivity contribution in [2.75, 3.05) is 6.61 Å². The summed E-state index contributed by atoms with van der Waals surface area (Å²) in [6, 6.07) is 0. The van der Waals surface area contributed by atoms with E-state index in [1.165, 1.54) is 12.8 Å². The number of aliphatic hydroxyl groups excluding tert-OH is 1. The van der Waals surface area contributed by atoms with Crippen molar-refractivity contribution >= 4 is 5.91 Å². The largest absolute Gasteiger partial charge is 0.394 e. The first-order valence-electron chi connectivity index (χ1n) is 8.52. The zero-order chi connectivity index (χ0) is 15.6. The van der Waals surface area contributed by atoms with Crippen LogP contribution in [-0.4, -0.2) is 32.7 Å². The maximum Gasteiger partial charge on any atom is 0.220 e. The van der Waals surface area contributed by atoms with Crippen LogP contribution in [0.1, 0.15) is 50.8 Å². The second-order valence-electron chi connectivity index (χ2n) is 7.06. The lowest BCUT2D eigenvalue weighted by molar-refractivity contribution is -0.127. The number of rotatable bonds is 6. The van der Waals surface area contributed by atoms with Gasteiger partial charge in [0.1, 0.15) is 5.82 Å². The Bertz CT molecular complexity index is 520. The van der Waals surface area contributed by atoms with Crippen molar-refractivity contribution in [1.29, 1.82) is 0 Å². The fraction of sp³-hybridized carbons (Fsp3) is 0.765. The molecule has 1 aromatic rings. The van der Waals surface area contributed by atoms with Crippen LogP contribution in [0.5, 0.6) is 0 Å². The smallest absolute Gasteiger partial charge is 0.220 e. The molecule has 4 rings (SSSR count). The quantitative estimate of drug-likeness (QED) is 0.845. The number of imidazole rings is 1. The standard InChI is InChI=1S/C17H27N3O2/c1-13-18-8-10-20(13)9-2-3-16(22)19-17(12-21)11-14-4-6-15(17)7-5-14/h8,10,14-15,21H,2-7,9,11-12H2,1H3,(H,19,22). The highest BCUT2D eigenvalue weighted by molar-refractivity contribution is 5.76. The molecule has 0 aliphatic heterocycles. The summed E-state index contributed by atoms with van der Waals surface area (Å²) in [5, 5.41) is 13.1. The molecule has 2 bridgehead atoms. The van der Waals surface area contributed by atoms with Crippen LogP contribution in [-0.2, 0) is 11.3 Å². The van der Waals surface area contributed by atoms with E-state index in [-0.39, 0.29) is 18.1 Å². The van der Waals surface area contributed by atoms with E-state index in [1.54, 1.807) is 6.20 Å². The number of aryl methyl sites for hydroxylation is 2. The maximum atomic E-state index is 12.3. The first-order chi connectivity index (χ1) is 10.6. The zero-order valence-corrected chi connectivity index (χ0v) is 13.4. The molecule has 1 amide bonds. The Balaban J connectivity index is 1.51. The molecular weight excluding hydrogens is 278 g/mol. The van der Waals surface area contributed by atoms with Crippen molar-refractivity contribution in [2.24, 2.45) is 11.8 Å². The fourth-order valence-corrected chi connectivity index (χ4v) is 4.38. The van der Waals surface area contributed by atoms with Crippen molar-refractivity contribution in [2.45, 2.75) is 64.0 Å². The maximum absolute atomic E-state index is 12.3. The second-order valence-corrected chi connectivity index (χ2v) is 7.06. The SMILES string of the molecule is Cc1nccn1CCCC(=O)NC1(CO)CC2CCC1CC2. The molecule has 3 saturated carbocycles. The van der Waals surface area contributed by atoms with Gasteiger partial charge in [0, 0.05) is 25.4 Å². The van der Waals surface area contributed by atoms with E-state index in [0.29, 0.717) is 18.3 Å². The van der Waals surface area contributed by atoms with Gasteiger partial charge in [-0.25, -0.2) is 4.98 Å². The molecule has 122 valence electrons. The molecule has 1 atom stereocenters. The van der Waals surface area contributed by atoms with Gasteiger partial charge < -0.3 is 15.0 Å². The van der Waals surface area contributed by atoms with Crippen LogP contribution in [0.2, 0.25) is 0 Å². The van der Waals surface area contributed by atoms with Crippen molar-refractivity contribution < 1.29 is 9.90 Å². The number of hydrogen-bond acceptors (Lipinski definition) is 3. The lowest BCUT2D eigenvalue weighted by atomic mass is 9.60. The third kappa shape index (κ3) is 3.05. The molecule has 2 N–H and O–H groups in total. The summed E-state index contributed by atoms with van der Waals surface area (Å²) in [6.45, 7) is 2.87. The average molecular weight is 305 g/mol. The average Bonchev–Trinajstić information content (AvgIpc) is 2.94. The third-order valence-corrected chi connectivity index (χ3v) is 5.68. The van der Waals surface area contributed by atoms with Gasteiger partial charge >= 0.3 is 0 Å². The highest BCUT2D eigenvalue weighted by Gasteiger charge is 2.47. The Labute approximate surface area is 132 Å². The van der Waals surface area contributed by atoms with Gasteiger partial charge in [0.2, 0.25) is 5.91 Å². The summed E-state index contributed by atoms with van der Waals surface area (Å²) in [6.07, 6.45) is 10.8. The van der Waals surface area contributed by atoms with Gasteiger partial charge in [-0.2, -0.15) is 0 Å². The van der Waals surface area contributed by atoms with Gasteiger partial charge in [0.15, 0.2) is 0 Å². The van der Waals surface area contributed by atoms with Crippen LogP contribution in [0, 0.1) is 18.8 Å². The minimum Gasteiger partial charge on any atom is -0.394 e. The molecule has 1 heterocycles. The van der Waals surface area contributed by atoms with Crippen LogP contribution in [0.25, 0.3) is 0 Å². The van der Waals surface area contributed by atoms with Crippen LogP contribution in [0.4, 0.5) is 0 Å². The van der Waals surface area contributed by atoms with Crippen molar-refractivity contribution in [3.8, 4) is 0 Å². The highest BCUT2D eigenvalue weighted by atomic mass is 16.3. The van der Waals surface area contributed by atoms with Crippen LogP contribution >= 0.6 is 0 Å². The Kier molecular flexibility index (Phi) is 4.52. The zero-order valence-electron chi connectivity index (χ0n) is 13.4. The molecule has 0 aromatic carbocycles. The number of carbonyl (C=O) groups is 1. The van der Waals surface area contributed by atoms with E-state index in [2.05, 4.69) is 14.9 Å². The van der Waals surface area contributed by atoms with Gasteiger partial charge in [-0.3, -0.25) is 4.79 Å². The van der Waals surface area contributed by atoms with Gasteiger partial charge in [0.25, 0.3) is 0 Å². The topological polar surface area (TPSA) is 67.2 Å². The Hall–Kier alpha value is -1.36. The number of fused-ring (bicyclic) bond motifs is 3. The van der Waals surface area contributed by atoms with Gasteiger partial charge in [-0.1, -0.05) is 12.8 Å². The molecule has 3 aliphatic carbocycles. The first kappa shape index (κ1) is 15.5.